The maximum Gasteiger partial charge on any atom is 0.251 e. The first-order valence-electron chi connectivity index (χ1n) is 9.96. The Morgan fingerprint density at radius 3 is 2.59 bits per heavy atom. The monoisotopic (exact) mass is 432 g/mol. The summed E-state index contributed by atoms with van der Waals surface area (Å²) >= 11 is 0. The van der Waals surface area contributed by atoms with E-state index >= 15 is 0 Å². The predicted octanol–water partition coefficient (Wildman–Crippen LogP) is 3.69. The first kappa shape index (κ1) is 21.0. The zero-order chi connectivity index (χ0) is 22.5. The van der Waals surface area contributed by atoms with Gasteiger partial charge in [0.1, 0.15) is 11.9 Å². The van der Waals surface area contributed by atoms with Crippen molar-refractivity contribution in [2.24, 2.45) is 0 Å². The zero-order valence-corrected chi connectivity index (χ0v) is 17.3. The first-order valence-corrected chi connectivity index (χ1v) is 9.96. The molecular formula is C24H21FN4O3. The number of pyridine rings is 1. The Kier molecular flexibility index (Phi) is 6.12. The lowest BCUT2D eigenvalue weighted by Crippen LogP contribution is -2.45. The molecule has 4 aromatic rings. The topological polar surface area (TPSA) is 96.1 Å². The van der Waals surface area contributed by atoms with Gasteiger partial charge in [0.2, 0.25) is 11.8 Å². The number of hydrogen-bond donors (Lipinski definition) is 3. The summed E-state index contributed by atoms with van der Waals surface area (Å²) in [6.45, 7) is 0. The minimum absolute atomic E-state index is 0.256. The molecule has 0 aliphatic carbocycles. The van der Waals surface area contributed by atoms with Gasteiger partial charge in [-0.15, -0.1) is 0 Å². The molecule has 32 heavy (non-hydrogen) atoms. The van der Waals surface area contributed by atoms with E-state index in [4.69, 9.17) is 4.74 Å². The predicted molar refractivity (Wildman–Crippen MR) is 119 cm³/mol. The van der Waals surface area contributed by atoms with Crippen LogP contribution in [-0.4, -0.2) is 34.9 Å². The van der Waals surface area contributed by atoms with Crippen molar-refractivity contribution in [2.45, 2.75) is 12.5 Å². The maximum absolute atomic E-state index is 13.2. The Morgan fingerprint density at radius 1 is 1.09 bits per heavy atom. The largest absolute Gasteiger partial charge is 0.481 e. The van der Waals surface area contributed by atoms with E-state index in [9.17, 15) is 14.0 Å². The molecule has 2 aromatic heterocycles. The lowest BCUT2D eigenvalue weighted by Gasteiger charge is -2.18. The SMILES string of the molecule is COc1ccc(NC(=O)[C@H](Cc2c[nH]c3ccccc23)NC(=O)c2ccc(F)cc2)cn1. The number of nitrogens with zero attached hydrogens (tertiary/aromatic N) is 1. The number of carbonyl (C=O) groups excluding carboxylic acids is 2. The molecule has 2 aromatic carbocycles. The molecule has 0 unspecified atom stereocenters. The number of fused-ring (bicyclic) bond motifs is 1. The average molecular weight is 432 g/mol. The summed E-state index contributed by atoms with van der Waals surface area (Å²) in [6.07, 6.45) is 3.55. The highest BCUT2D eigenvalue weighted by Gasteiger charge is 2.23. The number of carbonyl (C=O) groups is 2. The van der Waals surface area contributed by atoms with Crippen LogP contribution in [0.15, 0.2) is 73.1 Å². The third-order valence-corrected chi connectivity index (χ3v) is 5.04. The molecular weight excluding hydrogens is 411 g/mol. The van der Waals surface area contributed by atoms with Crippen molar-refractivity contribution in [3.63, 3.8) is 0 Å². The molecule has 0 radical (unpaired) electrons. The number of aromatic amines is 1. The van der Waals surface area contributed by atoms with Crippen LogP contribution in [0.5, 0.6) is 5.88 Å². The fraction of sp³-hybridized carbons (Fsp3) is 0.125. The minimum atomic E-state index is -0.881. The molecule has 0 fully saturated rings. The fourth-order valence-corrected chi connectivity index (χ4v) is 3.38. The van der Waals surface area contributed by atoms with Crippen molar-refractivity contribution in [3.8, 4) is 5.88 Å². The number of amides is 2. The minimum Gasteiger partial charge on any atom is -0.481 e. The smallest absolute Gasteiger partial charge is 0.251 e. The van der Waals surface area contributed by atoms with Crippen LogP contribution in [-0.2, 0) is 11.2 Å². The van der Waals surface area contributed by atoms with Gasteiger partial charge in [0, 0.05) is 35.2 Å². The van der Waals surface area contributed by atoms with Crippen molar-refractivity contribution < 1.29 is 18.7 Å². The molecule has 0 saturated carbocycles. The van der Waals surface area contributed by atoms with Gasteiger partial charge in [-0.25, -0.2) is 9.37 Å². The molecule has 2 heterocycles. The van der Waals surface area contributed by atoms with Crippen molar-refractivity contribution in [1.82, 2.24) is 15.3 Å². The molecule has 0 bridgehead atoms. The molecule has 2 amide bonds. The molecule has 1 atom stereocenters. The van der Waals surface area contributed by atoms with Gasteiger partial charge in [-0.05, 0) is 42.0 Å². The first-order chi connectivity index (χ1) is 15.5. The van der Waals surface area contributed by atoms with Gasteiger partial charge in [0.05, 0.1) is 19.0 Å². The van der Waals surface area contributed by atoms with Gasteiger partial charge in [-0.3, -0.25) is 9.59 Å². The second-order valence-electron chi connectivity index (χ2n) is 7.18. The van der Waals surface area contributed by atoms with Crippen LogP contribution in [0.2, 0.25) is 0 Å². The lowest BCUT2D eigenvalue weighted by atomic mass is 10.0. The summed E-state index contributed by atoms with van der Waals surface area (Å²) in [7, 11) is 1.50. The second-order valence-corrected chi connectivity index (χ2v) is 7.18. The highest BCUT2D eigenvalue weighted by molar-refractivity contribution is 6.01. The van der Waals surface area contributed by atoms with Gasteiger partial charge in [0.25, 0.3) is 5.91 Å². The van der Waals surface area contributed by atoms with Crippen LogP contribution in [0.3, 0.4) is 0 Å². The standard InChI is InChI=1S/C24H21FN4O3/c1-32-22-11-10-18(14-27-22)28-24(31)21(29-23(30)15-6-8-17(25)9-7-15)12-16-13-26-20-5-3-2-4-19(16)20/h2-11,13-14,21,26H,12H2,1H3,(H,28,31)(H,29,30)/t21-/m0/s1. The van der Waals surface area contributed by atoms with E-state index in [1.807, 2.05) is 30.5 Å². The number of hydrogen-bond acceptors (Lipinski definition) is 4. The fourth-order valence-electron chi connectivity index (χ4n) is 3.38. The molecule has 7 nitrogen and oxygen atoms in total. The zero-order valence-electron chi connectivity index (χ0n) is 17.3. The molecule has 4 rings (SSSR count). The number of anilines is 1. The van der Waals surface area contributed by atoms with E-state index in [1.54, 1.807) is 12.1 Å². The van der Waals surface area contributed by atoms with Crippen molar-refractivity contribution in [2.75, 3.05) is 12.4 Å². The Balaban J connectivity index is 1.57. The molecule has 0 aliphatic rings. The van der Waals surface area contributed by atoms with Gasteiger partial charge >= 0.3 is 0 Å². The van der Waals surface area contributed by atoms with Crippen LogP contribution < -0.4 is 15.4 Å². The van der Waals surface area contributed by atoms with Crippen LogP contribution >= 0.6 is 0 Å². The third-order valence-electron chi connectivity index (χ3n) is 5.04. The number of halogens is 1. The van der Waals surface area contributed by atoms with Crippen LogP contribution in [0, 0.1) is 5.82 Å². The van der Waals surface area contributed by atoms with E-state index in [1.165, 1.54) is 37.6 Å². The van der Waals surface area contributed by atoms with Gasteiger partial charge < -0.3 is 20.4 Å². The van der Waals surface area contributed by atoms with Crippen LogP contribution in [0.4, 0.5) is 10.1 Å². The highest BCUT2D eigenvalue weighted by Crippen LogP contribution is 2.20. The Hall–Kier alpha value is -4.20. The van der Waals surface area contributed by atoms with Crippen molar-refractivity contribution >= 4 is 28.4 Å². The molecule has 162 valence electrons. The molecule has 3 N–H and O–H groups in total. The van der Waals surface area contributed by atoms with Gasteiger partial charge in [-0.1, -0.05) is 18.2 Å². The number of nitrogens with one attached hydrogen (secondary N) is 3. The lowest BCUT2D eigenvalue weighted by molar-refractivity contribution is -0.118. The molecule has 0 spiro atoms. The van der Waals surface area contributed by atoms with E-state index < -0.39 is 23.7 Å². The Bertz CT molecular complexity index is 1240. The van der Waals surface area contributed by atoms with E-state index in [0.29, 0.717) is 11.6 Å². The summed E-state index contributed by atoms with van der Waals surface area (Å²) < 4.78 is 18.3. The molecule has 0 aliphatic heterocycles. The normalized spacial score (nSPS) is 11.7. The van der Waals surface area contributed by atoms with Gasteiger partial charge in [0.15, 0.2) is 0 Å². The highest BCUT2D eigenvalue weighted by atomic mass is 19.1. The third kappa shape index (κ3) is 4.75. The second kappa shape index (κ2) is 9.30. The number of H-pyrrole nitrogens is 1. The quantitative estimate of drug-likeness (QED) is 0.415. The summed E-state index contributed by atoms with van der Waals surface area (Å²) in [6, 6.07) is 15.3. The average Bonchev–Trinajstić information content (AvgIpc) is 3.22. The number of methoxy groups -OCH3 is 1. The van der Waals surface area contributed by atoms with E-state index in [2.05, 4.69) is 20.6 Å². The number of ether oxygens (including phenoxy) is 1. The van der Waals surface area contributed by atoms with Gasteiger partial charge in [-0.2, -0.15) is 0 Å². The van der Waals surface area contributed by atoms with Crippen molar-refractivity contribution in [1.29, 1.82) is 0 Å². The molecule has 8 heteroatoms. The van der Waals surface area contributed by atoms with E-state index in [-0.39, 0.29) is 12.0 Å². The number of para-hydroxylation sites is 1. The number of rotatable bonds is 7. The Morgan fingerprint density at radius 2 is 1.88 bits per heavy atom. The van der Waals surface area contributed by atoms with E-state index in [0.717, 1.165) is 16.5 Å². The number of benzene rings is 2. The Labute approximate surface area is 183 Å². The summed E-state index contributed by atoms with van der Waals surface area (Å²) in [4.78, 5) is 33.1. The summed E-state index contributed by atoms with van der Waals surface area (Å²) in [5.74, 6) is -0.903. The summed E-state index contributed by atoms with van der Waals surface area (Å²) in [5.41, 5.74) is 2.55. The number of aromatic nitrogens is 2. The molecule has 0 saturated heterocycles. The van der Waals surface area contributed by atoms with Crippen molar-refractivity contribution in [3.05, 3.63) is 90.0 Å². The van der Waals surface area contributed by atoms with Crippen LogP contribution in [0.1, 0.15) is 15.9 Å². The summed E-state index contributed by atoms with van der Waals surface area (Å²) in [5, 5.41) is 6.51. The van der Waals surface area contributed by atoms with Crippen LogP contribution in [0.25, 0.3) is 10.9 Å². The maximum atomic E-state index is 13.2.